The molecule has 0 aromatic carbocycles. The molecule has 1 fully saturated rings. The van der Waals surface area contributed by atoms with Crippen LogP contribution in [0.4, 0.5) is 5.82 Å². The molecule has 0 spiro atoms. The zero-order valence-corrected chi connectivity index (χ0v) is 15.7. The van der Waals surface area contributed by atoms with Crippen LogP contribution in [0, 0.1) is 0 Å². The van der Waals surface area contributed by atoms with Crippen molar-refractivity contribution in [2.24, 2.45) is 0 Å². The first-order chi connectivity index (χ1) is 11.9. The number of rotatable bonds is 7. The lowest BCUT2D eigenvalue weighted by Crippen LogP contribution is -2.43. The molecule has 0 aliphatic carbocycles. The van der Waals surface area contributed by atoms with E-state index >= 15 is 0 Å². The number of carbonyl (C=O) groups excluding carboxylic acids is 2. The van der Waals surface area contributed by atoms with Gasteiger partial charge in [-0.3, -0.25) is 14.5 Å². The summed E-state index contributed by atoms with van der Waals surface area (Å²) in [5, 5.41) is 2.92. The third-order valence-electron chi connectivity index (χ3n) is 4.47. The van der Waals surface area contributed by atoms with Crippen LogP contribution >= 0.6 is 0 Å². The Morgan fingerprint density at radius 3 is 2.64 bits per heavy atom. The Bertz CT molecular complexity index is 586. The molecule has 1 aromatic heterocycles. The van der Waals surface area contributed by atoms with E-state index in [1.807, 2.05) is 25.1 Å². The van der Waals surface area contributed by atoms with Crippen molar-refractivity contribution in [1.82, 2.24) is 20.1 Å². The molecule has 0 radical (unpaired) electrons. The number of nitrogens with zero attached hydrogens (tertiary/aromatic N) is 4. The van der Waals surface area contributed by atoms with Crippen molar-refractivity contribution in [2.45, 2.75) is 25.3 Å². The molecule has 2 heterocycles. The average molecular weight is 347 g/mol. The molecule has 1 saturated heterocycles. The molecule has 1 aliphatic rings. The summed E-state index contributed by atoms with van der Waals surface area (Å²) in [5.74, 6) is 0.885. The van der Waals surface area contributed by atoms with Gasteiger partial charge in [-0.05, 0) is 37.9 Å². The molecule has 2 rings (SSSR count). The molecular formula is C18H29N5O2. The Balaban J connectivity index is 1.75. The Hall–Kier alpha value is -2.15. The third-order valence-corrected chi connectivity index (χ3v) is 4.47. The van der Waals surface area contributed by atoms with Gasteiger partial charge in [-0.2, -0.15) is 0 Å². The highest BCUT2D eigenvalue weighted by Crippen LogP contribution is 2.18. The SMILES string of the molecule is CN(C)C(=O)[C@H]1CCCN1CCCNC(=O)c1ccc(N(C)C)nc1. The molecule has 1 atom stereocenters. The maximum Gasteiger partial charge on any atom is 0.252 e. The van der Waals surface area contributed by atoms with Crippen LogP contribution in [0.2, 0.25) is 0 Å². The van der Waals surface area contributed by atoms with Crippen molar-refractivity contribution >= 4 is 17.6 Å². The van der Waals surface area contributed by atoms with Crippen LogP contribution in [0.5, 0.6) is 0 Å². The molecule has 25 heavy (non-hydrogen) atoms. The lowest BCUT2D eigenvalue weighted by Gasteiger charge is -2.26. The van der Waals surface area contributed by atoms with Crippen molar-refractivity contribution < 1.29 is 9.59 Å². The standard InChI is InChI=1S/C18H29N5O2/c1-21(2)16-9-8-14(13-20-16)17(24)19-10-6-12-23-11-5-7-15(23)18(25)22(3)4/h8-9,13,15H,5-7,10-12H2,1-4H3,(H,19,24)/t15-/m1/s1. The second kappa shape index (κ2) is 8.80. The molecule has 7 nitrogen and oxygen atoms in total. The van der Waals surface area contributed by atoms with Gasteiger partial charge in [-0.15, -0.1) is 0 Å². The smallest absolute Gasteiger partial charge is 0.252 e. The van der Waals surface area contributed by atoms with E-state index in [0.717, 1.165) is 38.2 Å². The van der Waals surface area contributed by atoms with Gasteiger partial charge in [0.1, 0.15) is 5.82 Å². The number of pyridine rings is 1. The Morgan fingerprint density at radius 1 is 1.28 bits per heavy atom. The predicted octanol–water partition coefficient (Wildman–Crippen LogP) is 0.820. The van der Waals surface area contributed by atoms with Crippen molar-refractivity contribution in [2.75, 3.05) is 52.7 Å². The van der Waals surface area contributed by atoms with Crippen LogP contribution in [0.25, 0.3) is 0 Å². The lowest BCUT2D eigenvalue weighted by molar-refractivity contribution is -0.133. The van der Waals surface area contributed by atoms with Crippen molar-refractivity contribution in [3.8, 4) is 0 Å². The number of likely N-dealkylation sites (tertiary alicyclic amines) is 1. The maximum absolute atomic E-state index is 12.2. The Labute approximate surface area is 150 Å². The van der Waals surface area contributed by atoms with Gasteiger partial charge in [-0.1, -0.05) is 0 Å². The fourth-order valence-electron chi connectivity index (χ4n) is 3.04. The van der Waals surface area contributed by atoms with Gasteiger partial charge >= 0.3 is 0 Å². The average Bonchev–Trinajstić information content (AvgIpc) is 3.06. The van der Waals surface area contributed by atoms with E-state index in [0.29, 0.717) is 12.1 Å². The third kappa shape index (κ3) is 5.16. The quantitative estimate of drug-likeness (QED) is 0.740. The normalized spacial score (nSPS) is 17.4. The summed E-state index contributed by atoms with van der Waals surface area (Å²) in [6, 6.07) is 3.61. The fraction of sp³-hybridized carbons (Fsp3) is 0.611. The zero-order valence-electron chi connectivity index (χ0n) is 15.7. The number of nitrogens with one attached hydrogen (secondary N) is 1. The molecule has 0 unspecified atom stereocenters. The first-order valence-corrected chi connectivity index (χ1v) is 8.77. The van der Waals surface area contributed by atoms with E-state index < -0.39 is 0 Å². The summed E-state index contributed by atoms with van der Waals surface area (Å²) >= 11 is 0. The number of amides is 2. The van der Waals surface area contributed by atoms with Gasteiger partial charge < -0.3 is 15.1 Å². The van der Waals surface area contributed by atoms with E-state index in [4.69, 9.17) is 0 Å². The topological polar surface area (TPSA) is 68.8 Å². The Morgan fingerprint density at radius 2 is 2.04 bits per heavy atom. The monoisotopic (exact) mass is 347 g/mol. The van der Waals surface area contributed by atoms with Crippen LogP contribution < -0.4 is 10.2 Å². The molecule has 2 amide bonds. The van der Waals surface area contributed by atoms with Crippen molar-refractivity contribution in [3.05, 3.63) is 23.9 Å². The van der Waals surface area contributed by atoms with E-state index in [1.165, 1.54) is 0 Å². The minimum Gasteiger partial charge on any atom is -0.363 e. The number of carbonyl (C=O) groups is 2. The van der Waals surface area contributed by atoms with Gasteiger partial charge in [0.25, 0.3) is 5.91 Å². The van der Waals surface area contributed by atoms with Crippen LogP contribution in [0.1, 0.15) is 29.6 Å². The summed E-state index contributed by atoms with van der Waals surface area (Å²) in [7, 11) is 7.42. The van der Waals surface area contributed by atoms with Crippen molar-refractivity contribution in [3.63, 3.8) is 0 Å². The van der Waals surface area contributed by atoms with Gasteiger partial charge in [0.05, 0.1) is 11.6 Å². The van der Waals surface area contributed by atoms with Crippen LogP contribution in [0.15, 0.2) is 18.3 Å². The largest absolute Gasteiger partial charge is 0.363 e. The highest BCUT2D eigenvalue weighted by molar-refractivity contribution is 5.94. The fourth-order valence-corrected chi connectivity index (χ4v) is 3.04. The lowest BCUT2D eigenvalue weighted by atomic mass is 10.2. The molecule has 0 saturated carbocycles. The number of anilines is 1. The summed E-state index contributed by atoms with van der Waals surface area (Å²) < 4.78 is 0. The van der Waals surface area contributed by atoms with Crippen molar-refractivity contribution in [1.29, 1.82) is 0 Å². The summed E-state index contributed by atoms with van der Waals surface area (Å²) in [5.41, 5.74) is 0.562. The van der Waals surface area contributed by atoms with E-state index in [-0.39, 0.29) is 17.9 Å². The molecule has 1 aromatic rings. The Kier molecular flexibility index (Phi) is 6.75. The molecule has 1 N–H and O–H groups in total. The number of hydrogen-bond acceptors (Lipinski definition) is 5. The van der Waals surface area contributed by atoms with E-state index in [1.54, 1.807) is 31.3 Å². The summed E-state index contributed by atoms with van der Waals surface area (Å²) in [4.78, 5) is 34.3. The van der Waals surface area contributed by atoms with Gasteiger partial charge in [0.2, 0.25) is 5.91 Å². The number of aromatic nitrogens is 1. The van der Waals surface area contributed by atoms with Gasteiger partial charge in [0, 0.05) is 47.5 Å². The molecule has 0 bridgehead atoms. The van der Waals surface area contributed by atoms with Crippen LogP contribution in [0.3, 0.4) is 0 Å². The highest BCUT2D eigenvalue weighted by Gasteiger charge is 2.30. The van der Waals surface area contributed by atoms with Gasteiger partial charge in [-0.25, -0.2) is 4.98 Å². The van der Waals surface area contributed by atoms with Crippen LogP contribution in [-0.2, 0) is 4.79 Å². The van der Waals surface area contributed by atoms with E-state index in [2.05, 4.69) is 15.2 Å². The summed E-state index contributed by atoms with van der Waals surface area (Å²) in [6.45, 7) is 2.37. The number of likely N-dealkylation sites (N-methyl/N-ethyl adjacent to an activating group) is 1. The van der Waals surface area contributed by atoms with Gasteiger partial charge in [0.15, 0.2) is 0 Å². The zero-order chi connectivity index (χ0) is 18.4. The molecular weight excluding hydrogens is 318 g/mol. The highest BCUT2D eigenvalue weighted by atomic mass is 16.2. The first kappa shape index (κ1) is 19.2. The number of hydrogen-bond donors (Lipinski definition) is 1. The second-order valence-electron chi connectivity index (χ2n) is 6.84. The maximum atomic E-state index is 12.2. The first-order valence-electron chi connectivity index (χ1n) is 8.77. The minimum atomic E-state index is -0.111. The minimum absolute atomic E-state index is 0.00604. The van der Waals surface area contributed by atoms with Crippen LogP contribution in [-0.4, -0.2) is 80.5 Å². The molecule has 1 aliphatic heterocycles. The molecule has 7 heteroatoms. The molecule has 138 valence electrons. The summed E-state index contributed by atoms with van der Waals surface area (Å²) in [6.07, 6.45) is 4.40. The van der Waals surface area contributed by atoms with E-state index in [9.17, 15) is 9.59 Å². The predicted molar refractivity (Wildman–Crippen MR) is 98.8 cm³/mol. The second-order valence-corrected chi connectivity index (χ2v) is 6.84.